The van der Waals surface area contributed by atoms with E-state index in [9.17, 15) is 4.79 Å². The molecule has 0 saturated heterocycles. The summed E-state index contributed by atoms with van der Waals surface area (Å²) in [5.41, 5.74) is 3.49. The maximum absolute atomic E-state index is 11.6. The van der Waals surface area contributed by atoms with Crippen molar-refractivity contribution in [1.82, 2.24) is 0 Å². The van der Waals surface area contributed by atoms with Crippen LogP contribution in [0.5, 0.6) is 0 Å². The Morgan fingerprint density at radius 1 is 1.47 bits per heavy atom. The van der Waals surface area contributed by atoms with Crippen LogP contribution >= 0.6 is 15.9 Å². The smallest absolute Gasteiger partial charge is 0.231 e. The molecule has 17 heavy (non-hydrogen) atoms. The largest absolute Gasteiger partial charge is 0.315 e. The normalized spacial score (nSPS) is 18.1. The van der Waals surface area contributed by atoms with E-state index in [1.807, 2.05) is 7.05 Å². The molecule has 0 bridgehead atoms. The number of fused-ring (bicyclic) bond motifs is 1. The van der Waals surface area contributed by atoms with Crippen LogP contribution in [0.25, 0.3) is 0 Å². The summed E-state index contributed by atoms with van der Waals surface area (Å²) in [6.07, 6.45) is 1.69. The zero-order valence-corrected chi connectivity index (χ0v) is 12.1. The molecule has 2 nitrogen and oxygen atoms in total. The predicted octanol–water partition coefficient (Wildman–Crippen LogP) is 3.69. The summed E-state index contributed by atoms with van der Waals surface area (Å²) in [7, 11) is 1.84. The summed E-state index contributed by atoms with van der Waals surface area (Å²) in [4.78, 5) is 13.7. The number of likely N-dealkylation sites (N-methyl/N-ethyl adjacent to an activating group) is 1. The molecule has 3 heteroatoms. The van der Waals surface area contributed by atoms with Gasteiger partial charge in [-0.05, 0) is 23.1 Å². The van der Waals surface area contributed by atoms with Gasteiger partial charge in [0.05, 0.1) is 6.42 Å². The number of anilines is 1. The highest BCUT2D eigenvalue weighted by molar-refractivity contribution is 9.09. The van der Waals surface area contributed by atoms with Gasteiger partial charge < -0.3 is 4.90 Å². The minimum absolute atomic E-state index is 0.187. The highest BCUT2D eigenvalue weighted by atomic mass is 79.9. The Kier molecular flexibility index (Phi) is 3.57. The molecular formula is C14H18BrNO. The van der Waals surface area contributed by atoms with Crippen molar-refractivity contribution in [2.75, 3.05) is 11.9 Å². The second-order valence-corrected chi connectivity index (χ2v) is 5.79. The van der Waals surface area contributed by atoms with Crippen LogP contribution in [0.3, 0.4) is 0 Å². The van der Waals surface area contributed by atoms with Crippen LogP contribution in [-0.4, -0.2) is 13.0 Å². The Bertz CT molecular complexity index is 444. The number of carbonyl (C=O) groups excluding carboxylic acids is 1. The van der Waals surface area contributed by atoms with Gasteiger partial charge in [0.25, 0.3) is 0 Å². The Hall–Kier alpha value is -0.830. The van der Waals surface area contributed by atoms with Crippen LogP contribution in [0.1, 0.15) is 36.2 Å². The monoisotopic (exact) mass is 295 g/mol. The van der Waals surface area contributed by atoms with E-state index in [4.69, 9.17) is 0 Å². The van der Waals surface area contributed by atoms with Gasteiger partial charge in [-0.15, -0.1) is 0 Å². The highest BCUT2D eigenvalue weighted by Crippen LogP contribution is 2.36. The Morgan fingerprint density at radius 3 is 2.82 bits per heavy atom. The Balaban J connectivity index is 2.30. The van der Waals surface area contributed by atoms with Crippen LogP contribution in [0.15, 0.2) is 18.2 Å². The first kappa shape index (κ1) is 12.6. The van der Waals surface area contributed by atoms with Crippen molar-refractivity contribution in [3.05, 3.63) is 29.3 Å². The van der Waals surface area contributed by atoms with Crippen molar-refractivity contribution in [3.8, 4) is 0 Å². The lowest BCUT2D eigenvalue weighted by Gasteiger charge is -2.18. The molecule has 1 aromatic rings. The fraction of sp³-hybridized carbons (Fsp3) is 0.500. The number of amides is 1. The quantitative estimate of drug-likeness (QED) is 0.779. The predicted molar refractivity (Wildman–Crippen MR) is 74.7 cm³/mol. The van der Waals surface area contributed by atoms with Crippen LogP contribution in [0.4, 0.5) is 5.69 Å². The summed E-state index contributed by atoms with van der Waals surface area (Å²) < 4.78 is 0. The summed E-state index contributed by atoms with van der Waals surface area (Å²) in [5.74, 6) is 0.787. The van der Waals surface area contributed by atoms with E-state index in [1.165, 1.54) is 5.56 Å². The average molecular weight is 296 g/mol. The summed E-state index contributed by atoms with van der Waals surface area (Å²) in [6.45, 7) is 4.44. The fourth-order valence-electron chi connectivity index (χ4n) is 2.20. The standard InChI is InChI=1S/C14H18BrNO/c1-4-9(2)14(15)10-5-6-12-11(7-10)8-13(17)16(12)3/h5-7,9,14H,4,8H2,1-3H3. The van der Waals surface area contributed by atoms with E-state index >= 15 is 0 Å². The number of nitrogens with zero attached hydrogens (tertiary/aromatic N) is 1. The molecule has 0 spiro atoms. The van der Waals surface area contributed by atoms with Gasteiger partial charge in [0.15, 0.2) is 0 Å². The van der Waals surface area contributed by atoms with Crippen LogP contribution in [0.2, 0.25) is 0 Å². The molecule has 1 aromatic carbocycles. The molecule has 2 unspecified atom stereocenters. The molecule has 0 N–H and O–H groups in total. The average Bonchev–Trinajstić information content (AvgIpc) is 2.62. The van der Waals surface area contributed by atoms with Crippen molar-refractivity contribution in [3.63, 3.8) is 0 Å². The molecule has 1 amide bonds. The van der Waals surface area contributed by atoms with E-state index in [1.54, 1.807) is 4.90 Å². The number of halogens is 1. The Morgan fingerprint density at radius 2 is 2.18 bits per heavy atom. The molecule has 1 heterocycles. The molecule has 2 rings (SSSR count). The molecule has 0 aromatic heterocycles. The summed E-state index contributed by atoms with van der Waals surface area (Å²) in [5, 5.41) is 0. The number of rotatable bonds is 3. The number of alkyl halides is 1. The van der Waals surface area contributed by atoms with Gasteiger partial charge in [0.1, 0.15) is 0 Å². The number of benzene rings is 1. The minimum Gasteiger partial charge on any atom is -0.315 e. The SMILES string of the molecule is CCC(C)C(Br)c1ccc2c(c1)CC(=O)N2C. The van der Waals surface area contributed by atoms with Gasteiger partial charge in [-0.3, -0.25) is 4.79 Å². The van der Waals surface area contributed by atoms with Crippen LogP contribution in [-0.2, 0) is 11.2 Å². The molecule has 1 aliphatic rings. The van der Waals surface area contributed by atoms with Crippen molar-refractivity contribution >= 4 is 27.5 Å². The van der Waals surface area contributed by atoms with E-state index in [0.717, 1.165) is 17.7 Å². The molecule has 2 atom stereocenters. The van der Waals surface area contributed by atoms with Gasteiger partial charge in [-0.2, -0.15) is 0 Å². The van der Waals surface area contributed by atoms with Crippen molar-refractivity contribution < 1.29 is 4.79 Å². The van der Waals surface area contributed by atoms with Gasteiger partial charge in [0, 0.05) is 17.6 Å². The molecule has 0 radical (unpaired) electrons. The van der Waals surface area contributed by atoms with Gasteiger partial charge in [0.2, 0.25) is 5.91 Å². The van der Waals surface area contributed by atoms with Gasteiger partial charge in [-0.1, -0.05) is 48.3 Å². The van der Waals surface area contributed by atoms with Crippen molar-refractivity contribution in [2.45, 2.75) is 31.5 Å². The van der Waals surface area contributed by atoms with E-state index in [-0.39, 0.29) is 5.91 Å². The molecule has 0 saturated carbocycles. The van der Waals surface area contributed by atoms with Gasteiger partial charge in [-0.25, -0.2) is 0 Å². The lowest BCUT2D eigenvalue weighted by molar-refractivity contribution is -0.117. The second-order valence-electron chi connectivity index (χ2n) is 4.80. The van der Waals surface area contributed by atoms with E-state index < -0.39 is 0 Å². The maximum atomic E-state index is 11.6. The molecule has 92 valence electrons. The van der Waals surface area contributed by atoms with Crippen LogP contribution in [0, 0.1) is 5.92 Å². The topological polar surface area (TPSA) is 20.3 Å². The summed E-state index contributed by atoms with van der Waals surface area (Å²) >= 11 is 3.75. The summed E-state index contributed by atoms with van der Waals surface area (Å²) in [6, 6.07) is 6.36. The third-order valence-electron chi connectivity index (χ3n) is 3.64. The zero-order chi connectivity index (χ0) is 12.6. The first-order valence-corrected chi connectivity index (χ1v) is 6.99. The number of hydrogen-bond acceptors (Lipinski definition) is 1. The van der Waals surface area contributed by atoms with Crippen molar-refractivity contribution in [2.24, 2.45) is 5.92 Å². The molecule has 0 aliphatic carbocycles. The maximum Gasteiger partial charge on any atom is 0.231 e. The Labute approximate surface area is 111 Å². The second kappa shape index (κ2) is 4.81. The minimum atomic E-state index is 0.187. The highest BCUT2D eigenvalue weighted by Gasteiger charge is 2.25. The lowest BCUT2D eigenvalue weighted by atomic mass is 9.97. The third-order valence-corrected chi connectivity index (χ3v) is 5.07. The van der Waals surface area contributed by atoms with E-state index in [0.29, 0.717) is 17.2 Å². The van der Waals surface area contributed by atoms with Crippen LogP contribution < -0.4 is 4.90 Å². The number of hydrogen-bond donors (Lipinski definition) is 0. The van der Waals surface area contributed by atoms with Gasteiger partial charge >= 0.3 is 0 Å². The van der Waals surface area contributed by atoms with E-state index in [2.05, 4.69) is 48.0 Å². The molecule has 0 fully saturated rings. The molecular weight excluding hydrogens is 278 g/mol. The third kappa shape index (κ3) is 2.25. The first-order valence-electron chi connectivity index (χ1n) is 6.08. The number of carbonyl (C=O) groups is 1. The zero-order valence-electron chi connectivity index (χ0n) is 10.5. The lowest BCUT2D eigenvalue weighted by Crippen LogP contribution is -2.20. The first-order chi connectivity index (χ1) is 8.04. The van der Waals surface area contributed by atoms with Crippen molar-refractivity contribution in [1.29, 1.82) is 0 Å². The fourth-order valence-corrected chi connectivity index (χ4v) is 2.86. The molecule has 1 aliphatic heterocycles.